The van der Waals surface area contributed by atoms with Gasteiger partial charge in [0.05, 0.1) is 11.0 Å². The van der Waals surface area contributed by atoms with Crippen molar-refractivity contribution >= 4 is 23.1 Å². The van der Waals surface area contributed by atoms with Gasteiger partial charge in [-0.3, -0.25) is 10.1 Å². The predicted octanol–water partition coefficient (Wildman–Crippen LogP) is 3.21. The molecule has 0 fully saturated rings. The van der Waals surface area contributed by atoms with E-state index in [4.69, 9.17) is 11.6 Å². The van der Waals surface area contributed by atoms with Crippen molar-refractivity contribution in [2.24, 2.45) is 0 Å². The van der Waals surface area contributed by atoms with Crippen LogP contribution in [0.1, 0.15) is 18.5 Å². The van der Waals surface area contributed by atoms with Gasteiger partial charge >= 0.3 is 5.69 Å². The summed E-state index contributed by atoms with van der Waals surface area (Å²) in [4.78, 5) is 17.8. The number of nitrogens with one attached hydrogen (secondary N) is 1. The molecule has 1 aromatic carbocycles. The van der Waals surface area contributed by atoms with Crippen molar-refractivity contribution in [3.05, 3.63) is 57.5 Å². The van der Waals surface area contributed by atoms with Gasteiger partial charge < -0.3 is 5.32 Å². The maximum atomic E-state index is 10.9. The number of hydrogen-bond acceptors (Lipinski definition) is 5. The van der Waals surface area contributed by atoms with Gasteiger partial charge in [-0.1, -0.05) is 30.3 Å². The Labute approximate surface area is 114 Å². The monoisotopic (exact) mass is 278 g/mol. The fourth-order valence-corrected chi connectivity index (χ4v) is 1.76. The average molecular weight is 279 g/mol. The van der Waals surface area contributed by atoms with Crippen LogP contribution in [0.5, 0.6) is 0 Å². The first-order chi connectivity index (χ1) is 9.08. The Kier molecular flexibility index (Phi) is 3.91. The molecule has 2 aromatic rings. The average Bonchev–Trinajstić information content (AvgIpc) is 2.39. The molecular formula is C12H11ClN4O2. The Morgan fingerprint density at radius 2 is 2.05 bits per heavy atom. The zero-order chi connectivity index (χ0) is 13.8. The molecule has 0 saturated carbocycles. The Morgan fingerprint density at radius 1 is 1.37 bits per heavy atom. The number of nitrogens with zero attached hydrogens (tertiary/aromatic N) is 3. The molecule has 0 spiro atoms. The number of aromatic nitrogens is 2. The highest BCUT2D eigenvalue weighted by Crippen LogP contribution is 2.26. The number of halogens is 1. The SMILES string of the molecule is CC(Nc1nc(Cl)ncc1[N+](=O)[O-])c1ccccc1. The zero-order valence-electron chi connectivity index (χ0n) is 10.1. The van der Waals surface area contributed by atoms with Crippen LogP contribution < -0.4 is 5.32 Å². The highest BCUT2D eigenvalue weighted by atomic mass is 35.5. The smallest absolute Gasteiger partial charge is 0.329 e. The van der Waals surface area contributed by atoms with Crippen molar-refractivity contribution in [3.63, 3.8) is 0 Å². The van der Waals surface area contributed by atoms with Gasteiger partial charge in [0, 0.05) is 0 Å². The van der Waals surface area contributed by atoms with E-state index in [1.807, 2.05) is 37.3 Å². The van der Waals surface area contributed by atoms with Crippen LogP contribution in [0.4, 0.5) is 11.5 Å². The predicted molar refractivity (Wildman–Crippen MR) is 72.2 cm³/mol. The molecule has 1 unspecified atom stereocenters. The Morgan fingerprint density at radius 3 is 2.68 bits per heavy atom. The molecule has 98 valence electrons. The lowest BCUT2D eigenvalue weighted by molar-refractivity contribution is -0.384. The molecule has 0 aliphatic rings. The molecule has 0 bridgehead atoms. The van der Waals surface area contributed by atoms with E-state index in [0.717, 1.165) is 11.8 Å². The normalized spacial score (nSPS) is 11.9. The van der Waals surface area contributed by atoms with Crippen LogP contribution in [-0.4, -0.2) is 14.9 Å². The van der Waals surface area contributed by atoms with Crippen molar-refractivity contribution in [2.75, 3.05) is 5.32 Å². The van der Waals surface area contributed by atoms with Gasteiger partial charge in [0.1, 0.15) is 6.20 Å². The van der Waals surface area contributed by atoms with E-state index in [-0.39, 0.29) is 22.8 Å². The van der Waals surface area contributed by atoms with Crippen molar-refractivity contribution in [1.82, 2.24) is 9.97 Å². The topological polar surface area (TPSA) is 81.0 Å². The van der Waals surface area contributed by atoms with Gasteiger partial charge in [0.15, 0.2) is 0 Å². The van der Waals surface area contributed by atoms with Gasteiger partial charge in [-0.05, 0) is 24.1 Å². The van der Waals surface area contributed by atoms with E-state index in [0.29, 0.717) is 0 Å². The second kappa shape index (κ2) is 5.62. The van der Waals surface area contributed by atoms with Crippen molar-refractivity contribution < 1.29 is 4.92 Å². The van der Waals surface area contributed by atoms with E-state index in [1.165, 1.54) is 0 Å². The van der Waals surface area contributed by atoms with Gasteiger partial charge in [0.25, 0.3) is 0 Å². The number of nitro groups is 1. The largest absolute Gasteiger partial charge is 0.358 e. The van der Waals surface area contributed by atoms with E-state index in [1.54, 1.807) is 0 Å². The third kappa shape index (κ3) is 3.17. The second-order valence-electron chi connectivity index (χ2n) is 3.91. The fourth-order valence-electron chi connectivity index (χ4n) is 1.62. The highest BCUT2D eigenvalue weighted by molar-refractivity contribution is 6.28. The lowest BCUT2D eigenvalue weighted by Crippen LogP contribution is -2.10. The van der Waals surface area contributed by atoms with E-state index in [2.05, 4.69) is 15.3 Å². The van der Waals surface area contributed by atoms with Crippen LogP contribution in [0.2, 0.25) is 5.28 Å². The molecule has 1 atom stereocenters. The number of anilines is 1. The maximum Gasteiger partial charge on any atom is 0.329 e. The summed E-state index contributed by atoms with van der Waals surface area (Å²) in [6, 6.07) is 9.41. The molecule has 0 saturated heterocycles. The van der Waals surface area contributed by atoms with Gasteiger partial charge in [-0.25, -0.2) is 4.98 Å². The van der Waals surface area contributed by atoms with Crippen molar-refractivity contribution in [3.8, 4) is 0 Å². The minimum Gasteiger partial charge on any atom is -0.358 e. The molecule has 19 heavy (non-hydrogen) atoms. The molecule has 6 nitrogen and oxygen atoms in total. The molecule has 0 aliphatic heterocycles. The number of benzene rings is 1. The summed E-state index contributed by atoms with van der Waals surface area (Å²) < 4.78 is 0. The summed E-state index contributed by atoms with van der Waals surface area (Å²) >= 11 is 5.67. The second-order valence-corrected chi connectivity index (χ2v) is 4.24. The molecule has 1 heterocycles. The first-order valence-corrected chi connectivity index (χ1v) is 5.94. The quantitative estimate of drug-likeness (QED) is 0.527. The molecule has 1 aromatic heterocycles. The highest BCUT2D eigenvalue weighted by Gasteiger charge is 2.18. The summed E-state index contributed by atoms with van der Waals surface area (Å²) in [5.74, 6) is 0.112. The first-order valence-electron chi connectivity index (χ1n) is 5.56. The molecule has 7 heteroatoms. The van der Waals surface area contributed by atoms with E-state index in [9.17, 15) is 10.1 Å². The molecular weight excluding hydrogens is 268 g/mol. The standard InChI is InChI=1S/C12H11ClN4O2/c1-8(9-5-3-2-4-6-9)15-11-10(17(18)19)7-14-12(13)16-11/h2-8H,1H3,(H,14,15,16). The van der Waals surface area contributed by atoms with Gasteiger partial charge in [-0.15, -0.1) is 0 Å². The summed E-state index contributed by atoms with van der Waals surface area (Å²) in [6.45, 7) is 1.88. The lowest BCUT2D eigenvalue weighted by Gasteiger charge is -2.14. The maximum absolute atomic E-state index is 10.9. The summed E-state index contributed by atoms with van der Waals surface area (Å²) in [5.41, 5.74) is 0.790. The van der Waals surface area contributed by atoms with Gasteiger partial charge in [0.2, 0.25) is 11.1 Å². The Hall–Kier alpha value is -2.21. The van der Waals surface area contributed by atoms with Crippen LogP contribution in [0.15, 0.2) is 36.5 Å². The summed E-state index contributed by atoms with van der Waals surface area (Å²) in [7, 11) is 0. The van der Waals surface area contributed by atoms with Gasteiger partial charge in [-0.2, -0.15) is 4.98 Å². The fraction of sp³-hybridized carbons (Fsp3) is 0.167. The van der Waals surface area contributed by atoms with Crippen LogP contribution in [0.3, 0.4) is 0 Å². The molecule has 0 amide bonds. The van der Waals surface area contributed by atoms with E-state index < -0.39 is 4.92 Å². The molecule has 1 N–H and O–H groups in total. The van der Waals surface area contributed by atoms with Crippen LogP contribution in [0, 0.1) is 10.1 Å². The van der Waals surface area contributed by atoms with Crippen molar-refractivity contribution in [1.29, 1.82) is 0 Å². The number of hydrogen-bond donors (Lipinski definition) is 1. The zero-order valence-corrected chi connectivity index (χ0v) is 10.8. The molecule has 2 rings (SSSR count). The summed E-state index contributed by atoms with van der Waals surface area (Å²) in [5, 5.41) is 13.8. The minimum atomic E-state index is -0.545. The van der Waals surface area contributed by atoms with Crippen LogP contribution in [-0.2, 0) is 0 Å². The summed E-state index contributed by atoms with van der Waals surface area (Å²) in [6.07, 6.45) is 1.09. The van der Waals surface area contributed by atoms with Crippen molar-refractivity contribution in [2.45, 2.75) is 13.0 Å². The molecule has 0 radical (unpaired) electrons. The van der Waals surface area contributed by atoms with Crippen LogP contribution >= 0.6 is 11.6 Å². The third-order valence-electron chi connectivity index (χ3n) is 2.59. The van der Waals surface area contributed by atoms with E-state index >= 15 is 0 Å². The minimum absolute atomic E-state index is 0.0339. The Balaban J connectivity index is 2.28. The first kappa shape index (κ1) is 13.2. The van der Waals surface area contributed by atoms with Crippen LogP contribution in [0.25, 0.3) is 0 Å². The molecule has 0 aliphatic carbocycles. The lowest BCUT2D eigenvalue weighted by atomic mass is 10.1. The number of rotatable bonds is 4. The third-order valence-corrected chi connectivity index (χ3v) is 2.77. The Bertz CT molecular complexity index is 592.